The molecule has 1 heterocycles. The van der Waals surface area contributed by atoms with Gasteiger partial charge in [0.25, 0.3) is 0 Å². The second-order valence-electron chi connectivity index (χ2n) is 6.92. The van der Waals surface area contributed by atoms with Crippen LogP contribution in [0.25, 0.3) is 11.1 Å². The SMILES string of the molecule is CCOc1ccc(C(C)NC(=S)Nc2sc(C)c(-c3ccccc3)c2C(=O)OC)cc1. The van der Waals surface area contributed by atoms with E-state index < -0.39 is 5.97 Å². The van der Waals surface area contributed by atoms with E-state index in [1.54, 1.807) is 0 Å². The number of aryl methyl sites for hydroxylation is 1. The summed E-state index contributed by atoms with van der Waals surface area (Å²) in [5, 5.41) is 7.59. The molecule has 0 spiro atoms. The van der Waals surface area contributed by atoms with Crippen molar-refractivity contribution in [2.24, 2.45) is 0 Å². The lowest BCUT2D eigenvalue weighted by molar-refractivity contribution is 0.0603. The van der Waals surface area contributed by atoms with Gasteiger partial charge in [0.2, 0.25) is 0 Å². The van der Waals surface area contributed by atoms with E-state index in [4.69, 9.17) is 21.7 Å². The topological polar surface area (TPSA) is 59.6 Å². The number of hydrogen-bond acceptors (Lipinski definition) is 5. The number of rotatable bonds is 7. The van der Waals surface area contributed by atoms with E-state index in [1.165, 1.54) is 18.4 Å². The van der Waals surface area contributed by atoms with Crippen LogP contribution in [0, 0.1) is 6.92 Å². The molecule has 162 valence electrons. The van der Waals surface area contributed by atoms with Crippen molar-refractivity contribution in [2.75, 3.05) is 19.0 Å². The lowest BCUT2D eigenvalue weighted by Crippen LogP contribution is -2.31. The van der Waals surface area contributed by atoms with Gasteiger partial charge >= 0.3 is 5.97 Å². The quantitative estimate of drug-likeness (QED) is 0.339. The Labute approximate surface area is 192 Å². The van der Waals surface area contributed by atoms with Crippen LogP contribution in [0.2, 0.25) is 0 Å². The Morgan fingerprint density at radius 2 is 1.81 bits per heavy atom. The lowest BCUT2D eigenvalue weighted by atomic mass is 10.0. The average molecular weight is 455 g/mol. The maximum atomic E-state index is 12.6. The van der Waals surface area contributed by atoms with Gasteiger partial charge < -0.3 is 20.1 Å². The first-order valence-electron chi connectivity index (χ1n) is 10.0. The summed E-state index contributed by atoms with van der Waals surface area (Å²) in [5.74, 6) is 0.442. The first kappa shape index (κ1) is 22.8. The highest BCUT2D eigenvalue weighted by atomic mass is 32.1. The number of benzene rings is 2. The number of esters is 1. The maximum Gasteiger partial charge on any atom is 0.341 e. The summed E-state index contributed by atoms with van der Waals surface area (Å²) in [6.45, 7) is 6.61. The molecule has 3 rings (SSSR count). The average Bonchev–Trinajstić information content (AvgIpc) is 3.09. The lowest BCUT2D eigenvalue weighted by Gasteiger charge is -2.18. The Balaban J connectivity index is 1.80. The van der Waals surface area contributed by atoms with Crippen LogP contribution < -0.4 is 15.4 Å². The number of anilines is 1. The molecule has 0 aliphatic rings. The van der Waals surface area contributed by atoms with Crippen LogP contribution in [0.5, 0.6) is 5.75 Å². The van der Waals surface area contributed by atoms with Gasteiger partial charge in [0.05, 0.1) is 19.8 Å². The van der Waals surface area contributed by atoms with Gasteiger partial charge in [-0.25, -0.2) is 4.79 Å². The van der Waals surface area contributed by atoms with Crippen LogP contribution >= 0.6 is 23.6 Å². The highest BCUT2D eigenvalue weighted by molar-refractivity contribution is 7.80. The molecule has 0 saturated heterocycles. The van der Waals surface area contributed by atoms with Crippen LogP contribution in [0.1, 0.15) is 40.7 Å². The molecule has 0 amide bonds. The summed E-state index contributed by atoms with van der Waals surface area (Å²) < 4.78 is 10.6. The number of ether oxygens (including phenoxy) is 2. The zero-order valence-electron chi connectivity index (χ0n) is 18.0. The largest absolute Gasteiger partial charge is 0.494 e. The first-order valence-corrected chi connectivity index (χ1v) is 11.2. The highest BCUT2D eigenvalue weighted by Crippen LogP contribution is 2.40. The predicted molar refractivity (Wildman–Crippen MR) is 131 cm³/mol. The number of carbonyl (C=O) groups is 1. The van der Waals surface area contributed by atoms with E-state index >= 15 is 0 Å². The van der Waals surface area contributed by atoms with Gasteiger partial charge in [0, 0.05) is 10.4 Å². The Hall–Kier alpha value is -2.90. The van der Waals surface area contributed by atoms with E-state index in [9.17, 15) is 4.79 Å². The first-order chi connectivity index (χ1) is 14.9. The predicted octanol–water partition coefficient (Wildman–Crippen LogP) is 5.96. The summed E-state index contributed by atoms with van der Waals surface area (Å²) in [6, 6.07) is 17.7. The minimum absolute atomic E-state index is 0.0214. The minimum atomic E-state index is -0.395. The van der Waals surface area contributed by atoms with Gasteiger partial charge in [-0.05, 0) is 56.2 Å². The molecule has 31 heavy (non-hydrogen) atoms. The van der Waals surface area contributed by atoms with Crippen LogP contribution in [-0.2, 0) is 4.74 Å². The summed E-state index contributed by atoms with van der Waals surface area (Å²) in [4.78, 5) is 13.6. The van der Waals surface area contributed by atoms with Crippen molar-refractivity contribution in [1.82, 2.24) is 5.32 Å². The zero-order chi connectivity index (χ0) is 22.4. The number of nitrogens with one attached hydrogen (secondary N) is 2. The highest BCUT2D eigenvalue weighted by Gasteiger charge is 2.24. The Bertz CT molecular complexity index is 1050. The van der Waals surface area contributed by atoms with Gasteiger partial charge in [0.15, 0.2) is 5.11 Å². The maximum absolute atomic E-state index is 12.6. The fourth-order valence-corrected chi connectivity index (χ4v) is 4.73. The standard InChI is InChI=1S/C24H26N2O3S2/c1-5-29-19-13-11-17(12-14-19)15(2)25-24(30)26-22-21(23(27)28-4)20(16(3)31-22)18-9-7-6-8-10-18/h6-15H,5H2,1-4H3,(H2,25,26,30). The van der Waals surface area contributed by atoms with E-state index in [2.05, 4.69) is 10.6 Å². The molecule has 3 aromatic rings. The van der Waals surface area contributed by atoms with Crippen molar-refractivity contribution in [1.29, 1.82) is 0 Å². The molecule has 1 aromatic heterocycles. The summed E-state index contributed by atoms with van der Waals surface area (Å²) in [6.07, 6.45) is 0. The van der Waals surface area contributed by atoms with Gasteiger partial charge in [-0.15, -0.1) is 11.3 Å². The smallest absolute Gasteiger partial charge is 0.341 e. The Morgan fingerprint density at radius 1 is 1.13 bits per heavy atom. The van der Waals surface area contributed by atoms with Crippen molar-refractivity contribution < 1.29 is 14.3 Å². The van der Waals surface area contributed by atoms with Gasteiger partial charge in [0.1, 0.15) is 16.3 Å². The van der Waals surface area contributed by atoms with Gasteiger partial charge in [-0.2, -0.15) is 0 Å². The van der Waals surface area contributed by atoms with Crippen molar-refractivity contribution >= 4 is 39.6 Å². The summed E-state index contributed by atoms with van der Waals surface area (Å²) >= 11 is 7.02. The van der Waals surface area contributed by atoms with E-state index in [0.29, 0.717) is 22.3 Å². The van der Waals surface area contributed by atoms with Crippen molar-refractivity contribution in [3.8, 4) is 16.9 Å². The van der Waals surface area contributed by atoms with Gasteiger partial charge in [-0.3, -0.25) is 0 Å². The number of methoxy groups -OCH3 is 1. The molecular weight excluding hydrogens is 428 g/mol. The van der Waals surface area contributed by atoms with Crippen LogP contribution in [0.3, 0.4) is 0 Å². The molecular formula is C24H26N2O3S2. The third-order valence-electron chi connectivity index (χ3n) is 4.80. The normalized spacial score (nSPS) is 11.5. The third-order valence-corrected chi connectivity index (χ3v) is 6.04. The number of thiocarbonyl (C=S) groups is 1. The molecule has 0 saturated carbocycles. The second kappa shape index (κ2) is 10.4. The molecule has 0 fully saturated rings. The fourth-order valence-electron chi connectivity index (χ4n) is 3.32. The van der Waals surface area contributed by atoms with Crippen molar-refractivity contribution in [3.63, 3.8) is 0 Å². The van der Waals surface area contributed by atoms with Crippen molar-refractivity contribution in [3.05, 3.63) is 70.6 Å². The summed E-state index contributed by atoms with van der Waals surface area (Å²) in [5.41, 5.74) is 3.40. The Morgan fingerprint density at radius 3 is 2.42 bits per heavy atom. The minimum Gasteiger partial charge on any atom is -0.494 e. The molecule has 5 nitrogen and oxygen atoms in total. The fraction of sp³-hybridized carbons (Fsp3) is 0.250. The van der Waals surface area contributed by atoms with Crippen LogP contribution in [0.15, 0.2) is 54.6 Å². The molecule has 0 radical (unpaired) electrons. The number of carbonyl (C=O) groups excluding carboxylic acids is 1. The molecule has 2 aromatic carbocycles. The third kappa shape index (κ3) is 5.42. The zero-order valence-corrected chi connectivity index (χ0v) is 19.7. The second-order valence-corrected chi connectivity index (χ2v) is 8.55. The van der Waals surface area contributed by atoms with Crippen molar-refractivity contribution in [2.45, 2.75) is 26.8 Å². The van der Waals surface area contributed by atoms with Crippen LogP contribution in [0.4, 0.5) is 5.00 Å². The monoisotopic (exact) mass is 454 g/mol. The van der Waals surface area contributed by atoms with Gasteiger partial charge in [-0.1, -0.05) is 42.5 Å². The molecule has 7 heteroatoms. The summed E-state index contributed by atoms with van der Waals surface area (Å²) in [7, 11) is 1.39. The van der Waals surface area contributed by atoms with E-state index in [-0.39, 0.29) is 6.04 Å². The van der Waals surface area contributed by atoms with Crippen LogP contribution in [-0.4, -0.2) is 24.8 Å². The molecule has 1 atom stereocenters. The molecule has 0 aliphatic heterocycles. The molecule has 1 unspecified atom stereocenters. The molecule has 0 bridgehead atoms. The molecule has 0 aliphatic carbocycles. The van der Waals surface area contributed by atoms with E-state index in [0.717, 1.165) is 27.3 Å². The Kier molecular flexibility index (Phi) is 7.65. The van der Waals surface area contributed by atoms with E-state index in [1.807, 2.05) is 75.4 Å². The molecule has 2 N–H and O–H groups in total. The number of thiophene rings is 1. The number of hydrogen-bond donors (Lipinski definition) is 2.